The Hall–Kier alpha value is -1.56. The largest absolute Gasteiger partial charge is 0.324 e. The molecular formula is C15H18Cl2N4O. The van der Waals surface area contributed by atoms with Crippen LogP contribution in [0.25, 0.3) is 0 Å². The maximum absolute atomic E-state index is 12.1. The highest BCUT2D eigenvalue weighted by Gasteiger charge is 2.11. The fraction of sp³-hybridized carbons (Fsp3) is 0.333. The van der Waals surface area contributed by atoms with Crippen molar-refractivity contribution in [2.45, 2.75) is 20.0 Å². The van der Waals surface area contributed by atoms with Crippen molar-refractivity contribution in [1.82, 2.24) is 14.7 Å². The molecule has 1 amide bonds. The highest BCUT2D eigenvalue weighted by molar-refractivity contribution is 6.43. The van der Waals surface area contributed by atoms with E-state index < -0.39 is 0 Å². The Balaban J connectivity index is 1.89. The smallest absolute Gasteiger partial charge is 0.238 e. The summed E-state index contributed by atoms with van der Waals surface area (Å²) in [5.74, 6) is -0.144. The van der Waals surface area contributed by atoms with Gasteiger partial charge in [0.2, 0.25) is 5.91 Å². The highest BCUT2D eigenvalue weighted by Crippen LogP contribution is 2.29. The van der Waals surface area contributed by atoms with Crippen molar-refractivity contribution in [2.24, 2.45) is 0 Å². The molecule has 0 aliphatic carbocycles. The molecule has 0 unspecified atom stereocenters. The van der Waals surface area contributed by atoms with Gasteiger partial charge in [-0.25, -0.2) is 0 Å². The summed E-state index contributed by atoms with van der Waals surface area (Å²) >= 11 is 12.0. The van der Waals surface area contributed by atoms with E-state index in [1.807, 2.05) is 35.9 Å². The lowest BCUT2D eigenvalue weighted by atomic mass is 10.3. The summed E-state index contributed by atoms with van der Waals surface area (Å²) in [6, 6.07) is 5.14. The highest BCUT2D eigenvalue weighted by atomic mass is 35.5. The van der Waals surface area contributed by atoms with Crippen molar-refractivity contribution in [3.63, 3.8) is 0 Å². The first-order chi connectivity index (χ1) is 10.5. The zero-order chi connectivity index (χ0) is 16.1. The number of hydrogen-bond donors (Lipinski definition) is 1. The molecule has 2 aromatic rings. The van der Waals surface area contributed by atoms with Crippen LogP contribution in [-0.2, 0) is 17.9 Å². The maximum atomic E-state index is 12.1. The van der Waals surface area contributed by atoms with Crippen LogP contribution < -0.4 is 5.32 Å². The van der Waals surface area contributed by atoms with Crippen LogP contribution in [0.5, 0.6) is 0 Å². The summed E-state index contributed by atoms with van der Waals surface area (Å²) in [6.45, 7) is 3.76. The van der Waals surface area contributed by atoms with Crippen LogP contribution in [-0.4, -0.2) is 34.2 Å². The van der Waals surface area contributed by atoms with Gasteiger partial charge in [0.25, 0.3) is 0 Å². The van der Waals surface area contributed by atoms with Crippen LogP contribution in [0.2, 0.25) is 10.0 Å². The first-order valence-electron chi connectivity index (χ1n) is 6.93. The van der Waals surface area contributed by atoms with E-state index in [9.17, 15) is 4.79 Å². The molecular weight excluding hydrogens is 323 g/mol. The minimum absolute atomic E-state index is 0.144. The number of anilines is 1. The third kappa shape index (κ3) is 4.47. The molecule has 1 N–H and O–H groups in total. The van der Waals surface area contributed by atoms with E-state index in [-0.39, 0.29) is 12.5 Å². The molecule has 0 radical (unpaired) electrons. The van der Waals surface area contributed by atoms with Crippen LogP contribution in [0.1, 0.15) is 12.5 Å². The van der Waals surface area contributed by atoms with Crippen molar-refractivity contribution < 1.29 is 4.79 Å². The summed E-state index contributed by atoms with van der Waals surface area (Å²) in [5, 5.41) is 7.75. The number of carbonyl (C=O) groups excluding carboxylic acids is 1. The molecule has 0 aliphatic heterocycles. The average molecular weight is 341 g/mol. The van der Waals surface area contributed by atoms with Gasteiger partial charge in [-0.2, -0.15) is 5.10 Å². The standard InChI is InChI=1S/C15H18Cl2N4O/c1-3-21-9-11(7-18-21)8-20(2)10-14(22)19-13-6-4-5-12(16)15(13)17/h4-7,9H,3,8,10H2,1-2H3,(H,19,22). The summed E-state index contributed by atoms with van der Waals surface area (Å²) < 4.78 is 1.86. The van der Waals surface area contributed by atoms with Gasteiger partial charge < -0.3 is 5.32 Å². The van der Waals surface area contributed by atoms with Gasteiger partial charge in [-0.15, -0.1) is 0 Å². The number of aryl methyl sites for hydroxylation is 1. The second-order valence-corrected chi connectivity index (χ2v) is 5.81. The molecule has 0 saturated heterocycles. The molecule has 118 valence electrons. The van der Waals surface area contributed by atoms with Crippen LogP contribution in [0.4, 0.5) is 5.69 Å². The average Bonchev–Trinajstić information content (AvgIpc) is 2.91. The topological polar surface area (TPSA) is 50.2 Å². The van der Waals surface area contributed by atoms with E-state index in [1.54, 1.807) is 18.2 Å². The maximum Gasteiger partial charge on any atom is 0.238 e. The number of amides is 1. The van der Waals surface area contributed by atoms with Crippen molar-refractivity contribution in [1.29, 1.82) is 0 Å². The molecule has 0 spiro atoms. The molecule has 7 heteroatoms. The zero-order valence-electron chi connectivity index (χ0n) is 12.5. The lowest BCUT2D eigenvalue weighted by Crippen LogP contribution is -2.29. The number of carbonyl (C=O) groups is 1. The first kappa shape index (κ1) is 16.8. The van der Waals surface area contributed by atoms with Gasteiger partial charge in [-0.1, -0.05) is 29.3 Å². The first-order valence-corrected chi connectivity index (χ1v) is 7.69. The second-order valence-electron chi connectivity index (χ2n) is 5.03. The Morgan fingerprint density at radius 1 is 1.41 bits per heavy atom. The molecule has 5 nitrogen and oxygen atoms in total. The van der Waals surface area contributed by atoms with Crippen molar-refractivity contribution in [3.05, 3.63) is 46.2 Å². The SMILES string of the molecule is CCn1cc(CN(C)CC(=O)Nc2cccc(Cl)c2Cl)cn1. The summed E-state index contributed by atoms with van der Waals surface area (Å²) in [7, 11) is 1.88. The van der Waals surface area contributed by atoms with E-state index in [1.165, 1.54) is 0 Å². The number of hydrogen-bond acceptors (Lipinski definition) is 3. The third-order valence-corrected chi connectivity index (χ3v) is 3.92. The van der Waals surface area contributed by atoms with Crippen molar-refractivity contribution in [2.75, 3.05) is 18.9 Å². The van der Waals surface area contributed by atoms with Gasteiger partial charge in [0.05, 0.1) is 28.5 Å². The van der Waals surface area contributed by atoms with E-state index in [2.05, 4.69) is 10.4 Å². The molecule has 0 saturated carbocycles. The van der Waals surface area contributed by atoms with Crippen LogP contribution in [0.3, 0.4) is 0 Å². The Morgan fingerprint density at radius 2 is 2.18 bits per heavy atom. The lowest BCUT2D eigenvalue weighted by Gasteiger charge is -2.15. The molecule has 0 bridgehead atoms. The quantitative estimate of drug-likeness (QED) is 0.877. The molecule has 1 aromatic heterocycles. The lowest BCUT2D eigenvalue weighted by molar-refractivity contribution is -0.117. The monoisotopic (exact) mass is 340 g/mol. The molecule has 1 aromatic carbocycles. The summed E-state index contributed by atoms with van der Waals surface area (Å²) in [5.41, 5.74) is 1.59. The Morgan fingerprint density at radius 3 is 2.86 bits per heavy atom. The molecule has 0 fully saturated rings. The molecule has 2 rings (SSSR count). The van der Waals surface area contributed by atoms with Crippen molar-refractivity contribution >= 4 is 34.8 Å². The predicted molar refractivity (Wildman–Crippen MR) is 89.3 cm³/mol. The number of rotatable bonds is 6. The number of aromatic nitrogens is 2. The normalized spacial score (nSPS) is 11.0. The second kappa shape index (κ2) is 7.63. The number of halogens is 2. The fourth-order valence-corrected chi connectivity index (χ4v) is 2.41. The fourth-order valence-electron chi connectivity index (χ4n) is 2.06. The van der Waals surface area contributed by atoms with Gasteiger partial charge in [-0.05, 0) is 26.1 Å². The minimum atomic E-state index is -0.144. The molecule has 0 atom stereocenters. The van der Waals surface area contributed by atoms with Gasteiger partial charge in [0, 0.05) is 24.8 Å². The Labute approximate surface area is 139 Å². The van der Waals surface area contributed by atoms with Crippen LogP contribution in [0, 0.1) is 0 Å². The zero-order valence-corrected chi connectivity index (χ0v) is 14.0. The van der Waals surface area contributed by atoms with Crippen molar-refractivity contribution in [3.8, 4) is 0 Å². The van der Waals surface area contributed by atoms with Gasteiger partial charge in [0.15, 0.2) is 0 Å². The summed E-state index contributed by atoms with van der Waals surface area (Å²) in [6.07, 6.45) is 3.79. The molecule has 1 heterocycles. The van der Waals surface area contributed by atoms with Gasteiger partial charge in [0.1, 0.15) is 0 Å². The summed E-state index contributed by atoms with van der Waals surface area (Å²) in [4.78, 5) is 14.0. The number of likely N-dealkylation sites (N-methyl/N-ethyl adjacent to an activating group) is 1. The molecule has 22 heavy (non-hydrogen) atoms. The van der Waals surface area contributed by atoms with E-state index >= 15 is 0 Å². The minimum Gasteiger partial charge on any atom is -0.324 e. The third-order valence-electron chi connectivity index (χ3n) is 3.10. The van der Waals surface area contributed by atoms with Gasteiger partial charge >= 0.3 is 0 Å². The van der Waals surface area contributed by atoms with E-state index in [4.69, 9.17) is 23.2 Å². The van der Waals surface area contributed by atoms with E-state index in [0.717, 1.165) is 12.1 Å². The molecule has 0 aliphatic rings. The Bertz CT molecular complexity index is 657. The number of benzene rings is 1. The number of nitrogens with one attached hydrogen (secondary N) is 1. The number of nitrogens with zero attached hydrogens (tertiary/aromatic N) is 3. The van der Waals surface area contributed by atoms with Gasteiger partial charge in [-0.3, -0.25) is 14.4 Å². The van der Waals surface area contributed by atoms with Crippen LogP contribution >= 0.6 is 23.2 Å². The Kier molecular flexibility index (Phi) is 5.83. The predicted octanol–water partition coefficient (Wildman–Crippen LogP) is 3.28. The van der Waals surface area contributed by atoms with E-state index in [0.29, 0.717) is 22.3 Å². The van der Waals surface area contributed by atoms with Crippen LogP contribution in [0.15, 0.2) is 30.6 Å².